The van der Waals surface area contributed by atoms with Crippen molar-refractivity contribution in [2.24, 2.45) is 7.05 Å². The van der Waals surface area contributed by atoms with E-state index < -0.39 is 0 Å². The van der Waals surface area contributed by atoms with Gasteiger partial charge >= 0.3 is 0 Å². The topological polar surface area (TPSA) is 30.7 Å². The monoisotopic (exact) mass is 427 g/mol. The highest BCUT2D eigenvalue weighted by atomic mass is 127. The molecule has 1 heterocycles. The highest BCUT2D eigenvalue weighted by Crippen LogP contribution is 2.18. The molecule has 2 aromatic carbocycles. The van der Waals surface area contributed by atoms with E-state index in [-0.39, 0.29) is 0 Å². The zero-order valence-corrected chi connectivity index (χ0v) is 15.9. The van der Waals surface area contributed by atoms with Crippen LogP contribution >= 0.6 is 22.6 Å². The molecule has 0 amide bonds. The maximum absolute atomic E-state index is 4.64. The van der Waals surface area contributed by atoms with Crippen molar-refractivity contribution in [1.82, 2.24) is 14.8 Å². The van der Waals surface area contributed by atoms with Gasteiger partial charge in [-0.2, -0.15) is 5.10 Å². The van der Waals surface area contributed by atoms with Gasteiger partial charge in [-0.25, -0.2) is 9.67 Å². The van der Waals surface area contributed by atoms with E-state index >= 15 is 0 Å². The normalized spacial score (nSPS) is 10.3. The van der Waals surface area contributed by atoms with Crippen LogP contribution < -0.4 is 0 Å². The van der Waals surface area contributed by atoms with Crippen LogP contribution in [0.5, 0.6) is 0 Å². The summed E-state index contributed by atoms with van der Waals surface area (Å²) in [7, 11) is 1.94. The van der Waals surface area contributed by atoms with E-state index in [1.807, 2.05) is 36.0 Å². The number of aromatic nitrogens is 3. The van der Waals surface area contributed by atoms with Gasteiger partial charge < -0.3 is 0 Å². The Balaban J connectivity index is 1.88. The molecular weight excluding hydrogens is 409 g/mol. The minimum Gasteiger partial charge on any atom is -0.249 e. The lowest BCUT2D eigenvalue weighted by molar-refractivity contribution is 0.737. The second-order valence-corrected chi connectivity index (χ2v) is 6.81. The van der Waals surface area contributed by atoms with E-state index in [9.17, 15) is 0 Å². The van der Waals surface area contributed by atoms with Crippen molar-refractivity contribution in [2.45, 2.75) is 19.8 Å². The first kappa shape index (κ1) is 16.7. The number of rotatable bonds is 3. The third-order valence-corrected chi connectivity index (χ3v) is 4.32. The molecule has 0 saturated carbocycles. The van der Waals surface area contributed by atoms with Gasteiger partial charge in [0.25, 0.3) is 0 Å². The van der Waals surface area contributed by atoms with E-state index in [0.29, 0.717) is 0 Å². The third-order valence-electron chi connectivity index (χ3n) is 3.60. The van der Waals surface area contributed by atoms with Crippen LogP contribution in [0, 0.1) is 15.4 Å². The Morgan fingerprint density at radius 1 is 1.04 bits per heavy atom. The zero-order valence-electron chi connectivity index (χ0n) is 13.8. The average molecular weight is 427 g/mol. The summed E-state index contributed by atoms with van der Waals surface area (Å²) < 4.78 is 3.06. The van der Waals surface area contributed by atoms with E-state index in [1.54, 1.807) is 0 Å². The molecular formula is C20H18IN3. The number of hydrogen-bond acceptors (Lipinski definition) is 2. The maximum Gasteiger partial charge on any atom is 0.158 e. The second kappa shape index (κ2) is 7.63. The van der Waals surface area contributed by atoms with E-state index in [0.717, 1.165) is 41.2 Å². The Morgan fingerprint density at radius 3 is 2.54 bits per heavy atom. The molecule has 3 aromatic rings. The van der Waals surface area contributed by atoms with Crippen molar-refractivity contribution in [3.63, 3.8) is 0 Å². The summed E-state index contributed by atoms with van der Waals surface area (Å²) in [6.07, 6.45) is 1.95. The van der Waals surface area contributed by atoms with Gasteiger partial charge in [-0.3, -0.25) is 0 Å². The SMILES string of the molecule is CCCc1nc(-c2cccc(C#Cc3ccc(I)cc3)c2)n(C)n1. The molecule has 0 aliphatic heterocycles. The Bertz CT molecular complexity index is 899. The fourth-order valence-corrected chi connectivity index (χ4v) is 2.79. The predicted octanol–water partition coefficient (Wildman–Crippen LogP) is 4.44. The zero-order chi connectivity index (χ0) is 16.9. The standard InChI is InChI=1S/C20H18IN3/c1-3-5-19-22-20(24(2)23-19)17-7-4-6-16(14-17)9-8-15-10-12-18(21)13-11-15/h4,6-7,10-14H,3,5H2,1-2H3. The van der Waals surface area contributed by atoms with Gasteiger partial charge in [0.15, 0.2) is 11.6 Å². The van der Waals surface area contributed by atoms with Crippen LogP contribution in [0.4, 0.5) is 0 Å². The Labute approximate surface area is 156 Å². The molecule has 1 aromatic heterocycles. The Morgan fingerprint density at radius 2 is 1.79 bits per heavy atom. The van der Waals surface area contributed by atoms with Crippen LogP contribution in [-0.2, 0) is 13.5 Å². The second-order valence-electron chi connectivity index (χ2n) is 5.56. The van der Waals surface area contributed by atoms with Gasteiger partial charge in [0.05, 0.1) is 0 Å². The molecule has 3 nitrogen and oxygen atoms in total. The molecule has 0 fully saturated rings. The van der Waals surface area contributed by atoms with Gasteiger partial charge in [-0.1, -0.05) is 30.9 Å². The molecule has 0 aliphatic rings. The summed E-state index contributed by atoms with van der Waals surface area (Å²) >= 11 is 2.29. The smallest absolute Gasteiger partial charge is 0.158 e. The fraction of sp³-hybridized carbons (Fsp3) is 0.200. The predicted molar refractivity (Wildman–Crippen MR) is 106 cm³/mol. The minimum absolute atomic E-state index is 0.886. The summed E-state index contributed by atoms with van der Waals surface area (Å²) in [4.78, 5) is 4.64. The van der Waals surface area contributed by atoms with Crippen molar-refractivity contribution in [3.8, 4) is 23.2 Å². The van der Waals surface area contributed by atoms with Crippen molar-refractivity contribution >= 4 is 22.6 Å². The van der Waals surface area contributed by atoms with Crippen molar-refractivity contribution in [2.75, 3.05) is 0 Å². The number of benzene rings is 2. The van der Waals surface area contributed by atoms with Gasteiger partial charge in [0.1, 0.15) is 0 Å². The Hall–Kier alpha value is -2.13. The average Bonchev–Trinajstić information content (AvgIpc) is 2.95. The highest BCUT2D eigenvalue weighted by molar-refractivity contribution is 14.1. The van der Waals surface area contributed by atoms with E-state index in [4.69, 9.17) is 0 Å². The third kappa shape index (κ3) is 4.04. The lowest BCUT2D eigenvalue weighted by Crippen LogP contribution is -1.95. The molecule has 0 saturated heterocycles. The number of halogens is 1. The maximum atomic E-state index is 4.64. The molecule has 0 radical (unpaired) electrons. The Kier molecular flexibility index (Phi) is 5.31. The number of nitrogens with zero attached hydrogens (tertiary/aromatic N) is 3. The molecule has 0 N–H and O–H groups in total. The van der Waals surface area contributed by atoms with Gasteiger partial charge in [-0.15, -0.1) is 0 Å². The van der Waals surface area contributed by atoms with Crippen LogP contribution in [0.1, 0.15) is 30.3 Å². The minimum atomic E-state index is 0.886. The summed E-state index contributed by atoms with van der Waals surface area (Å²) in [5.74, 6) is 8.22. The summed E-state index contributed by atoms with van der Waals surface area (Å²) in [5, 5.41) is 4.48. The lowest BCUT2D eigenvalue weighted by Gasteiger charge is -2.00. The molecule has 4 heteroatoms. The molecule has 24 heavy (non-hydrogen) atoms. The van der Waals surface area contributed by atoms with Crippen molar-refractivity contribution in [3.05, 3.63) is 69.1 Å². The molecule has 0 aliphatic carbocycles. The molecule has 0 atom stereocenters. The molecule has 120 valence electrons. The van der Waals surface area contributed by atoms with Gasteiger partial charge in [0.2, 0.25) is 0 Å². The molecule has 3 rings (SSSR count). The largest absolute Gasteiger partial charge is 0.249 e. The summed E-state index contributed by atoms with van der Waals surface area (Å²) in [6.45, 7) is 2.14. The van der Waals surface area contributed by atoms with Crippen LogP contribution in [0.25, 0.3) is 11.4 Å². The number of hydrogen-bond donors (Lipinski definition) is 0. The van der Waals surface area contributed by atoms with Crippen LogP contribution in [0.3, 0.4) is 0 Å². The van der Waals surface area contributed by atoms with Gasteiger partial charge in [0, 0.05) is 33.7 Å². The first-order valence-corrected chi connectivity index (χ1v) is 9.01. The fourth-order valence-electron chi connectivity index (χ4n) is 2.43. The van der Waals surface area contributed by atoms with Crippen molar-refractivity contribution < 1.29 is 0 Å². The summed E-state index contributed by atoms with van der Waals surface area (Å²) in [6, 6.07) is 16.4. The summed E-state index contributed by atoms with van der Waals surface area (Å²) in [5.41, 5.74) is 3.04. The highest BCUT2D eigenvalue weighted by Gasteiger charge is 2.09. The van der Waals surface area contributed by atoms with Crippen molar-refractivity contribution in [1.29, 1.82) is 0 Å². The van der Waals surface area contributed by atoms with E-state index in [1.165, 1.54) is 3.57 Å². The van der Waals surface area contributed by atoms with Crippen LogP contribution in [0.2, 0.25) is 0 Å². The molecule has 0 spiro atoms. The lowest BCUT2D eigenvalue weighted by atomic mass is 10.1. The molecule has 0 bridgehead atoms. The van der Waals surface area contributed by atoms with Crippen LogP contribution in [0.15, 0.2) is 48.5 Å². The molecule has 0 unspecified atom stereocenters. The quantitative estimate of drug-likeness (QED) is 0.457. The van der Waals surface area contributed by atoms with Gasteiger partial charge in [-0.05, 0) is 65.4 Å². The first-order valence-electron chi connectivity index (χ1n) is 7.93. The van der Waals surface area contributed by atoms with Crippen LogP contribution in [-0.4, -0.2) is 14.8 Å². The van der Waals surface area contributed by atoms with E-state index in [2.05, 4.69) is 75.7 Å². The number of aryl methyl sites for hydroxylation is 2. The first-order chi connectivity index (χ1) is 11.7.